The zero-order valence-electron chi connectivity index (χ0n) is 21.4. The van der Waals surface area contributed by atoms with Crippen molar-refractivity contribution in [2.45, 2.75) is 77.3 Å². The van der Waals surface area contributed by atoms with Gasteiger partial charge in [-0.1, -0.05) is 50.0 Å². The van der Waals surface area contributed by atoms with Gasteiger partial charge in [0.05, 0.1) is 14.2 Å². The second-order valence-corrected chi connectivity index (χ2v) is 12.1. The van der Waals surface area contributed by atoms with Gasteiger partial charge in [-0.3, -0.25) is 4.79 Å². The van der Waals surface area contributed by atoms with Crippen LogP contribution in [-0.2, 0) is 9.98 Å². The zero-order chi connectivity index (χ0) is 25.3. The number of aryl methyl sites for hydroxylation is 2. The lowest BCUT2D eigenvalue weighted by molar-refractivity contribution is 0.0901. The van der Waals surface area contributed by atoms with Crippen molar-refractivity contribution in [1.82, 2.24) is 0 Å². The van der Waals surface area contributed by atoms with E-state index in [0.29, 0.717) is 29.9 Å². The largest absolute Gasteiger partial charge is 0.496 e. The lowest BCUT2D eigenvalue weighted by atomic mass is 9.78. The van der Waals surface area contributed by atoms with Gasteiger partial charge in [-0.25, -0.2) is 4.79 Å². The molecule has 1 aliphatic carbocycles. The summed E-state index contributed by atoms with van der Waals surface area (Å²) < 4.78 is 24.9. The van der Waals surface area contributed by atoms with E-state index in [1.165, 1.54) is 14.2 Å². The molecule has 3 rings (SSSR count). The molecule has 0 aliphatic heterocycles. The van der Waals surface area contributed by atoms with E-state index in [0.717, 1.165) is 36.0 Å². The van der Waals surface area contributed by atoms with E-state index in [2.05, 4.69) is 32.9 Å². The summed E-state index contributed by atoms with van der Waals surface area (Å²) in [6, 6.07) is 9.11. The summed E-state index contributed by atoms with van der Waals surface area (Å²) in [5.41, 5.74) is 2.98. The monoisotopic (exact) mass is 483 g/mol. The first kappa shape index (κ1) is 26.1. The fourth-order valence-corrected chi connectivity index (χ4v) is 6.84. The Morgan fingerprint density at radius 3 is 1.82 bits per heavy atom. The molecule has 2 aromatic carbocycles. The van der Waals surface area contributed by atoms with Gasteiger partial charge >= 0.3 is 13.3 Å². The molecular formula is C28H36O5P+. The van der Waals surface area contributed by atoms with Crippen molar-refractivity contribution in [3.8, 4) is 11.5 Å². The van der Waals surface area contributed by atoms with Gasteiger partial charge in [-0.05, 0) is 60.9 Å². The molecule has 0 amide bonds. The Kier molecular flexibility index (Phi) is 7.67. The third-order valence-corrected chi connectivity index (χ3v) is 8.96. The van der Waals surface area contributed by atoms with Gasteiger partial charge in [-0.2, -0.15) is 0 Å². The van der Waals surface area contributed by atoms with Crippen molar-refractivity contribution >= 4 is 19.1 Å². The fraction of sp³-hybridized carbons (Fsp3) is 0.500. The lowest BCUT2D eigenvalue weighted by Crippen LogP contribution is -2.39. The van der Waals surface area contributed by atoms with E-state index < -0.39 is 18.5 Å². The predicted octanol–water partition coefficient (Wildman–Crippen LogP) is 7.17. The van der Waals surface area contributed by atoms with Crippen LogP contribution in [0.5, 0.6) is 11.5 Å². The minimum Gasteiger partial charge on any atom is -0.496 e. The summed E-state index contributed by atoms with van der Waals surface area (Å²) in [5, 5.41) is -1.23. The number of carbonyl (C=O) groups excluding carboxylic acids is 2. The third-order valence-electron chi connectivity index (χ3n) is 6.94. The van der Waals surface area contributed by atoms with Crippen LogP contribution in [0.4, 0.5) is 0 Å². The Labute approximate surface area is 204 Å². The average molecular weight is 484 g/mol. The molecule has 0 bridgehead atoms. The number of ether oxygens (including phenoxy) is 2. The summed E-state index contributed by atoms with van der Waals surface area (Å²) in [6.07, 6.45) is 3.36. The van der Waals surface area contributed by atoms with Crippen LogP contribution in [0.1, 0.15) is 90.3 Å². The summed E-state index contributed by atoms with van der Waals surface area (Å²) in [7, 11) is 0.343. The zero-order valence-corrected chi connectivity index (χ0v) is 22.3. The Hall–Kier alpha value is -2.52. The first-order valence-corrected chi connectivity index (χ1v) is 13.1. The first-order chi connectivity index (χ1) is 16.0. The molecular weight excluding hydrogens is 447 g/mol. The van der Waals surface area contributed by atoms with Crippen LogP contribution in [0.15, 0.2) is 30.3 Å². The van der Waals surface area contributed by atoms with E-state index >= 15 is 0 Å². The van der Waals surface area contributed by atoms with E-state index in [1.54, 1.807) is 18.2 Å². The number of hydrogen-bond acceptors (Lipinski definition) is 5. The van der Waals surface area contributed by atoms with Gasteiger partial charge in [0.25, 0.3) is 0 Å². The van der Waals surface area contributed by atoms with Crippen LogP contribution >= 0.6 is 7.80 Å². The van der Waals surface area contributed by atoms with Crippen molar-refractivity contribution in [3.05, 3.63) is 58.1 Å². The Morgan fingerprint density at radius 2 is 1.38 bits per heavy atom. The highest BCUT2D eigenvalue weighted by molar-refractivity contribution is 7.67. The molecule has 6 heteroatoms. The third kappa shape index (κ3) is 4.68. The molecule has 0 saturated heterocycles. The summed E-state index contributed by atoms with van der Waals surface area (Å²) in [5.74, 6) is 0.423. The Bertz CT molecular complexity index is 1070. The van der Waals surface area contributed by atoms with Gasteiger partial charge in [0.15, 0.2) is 5.56 Å². The highest BCUT2D eigenvalue weighted by Crippen LogP contribution is 2.54. The molecule has 0 N–H and O–H groups in total. The summed E-state index contributed by atoms with van der Waals surface area (Å²) >= 11 is 0. The smallest absolute Gasteiger partial charge is 0.434 e. The van der Waals surface area contributed by atoms with Crippen LogP contribution < -0.4 is 9.47 Å². The lowest BCUT2D eigenvalue weighted by Gasteiger charge is -2.28. The van der Waals surface area contributed by atoms with Gasteiger partial charge in [0.1, 0.15) is 11.5 Å². The maximum Gasteiger partial charge on any atom is 0.434 e. The maximum atomic E-state index is 14.2. The molecule has 2 aromatic rings. The molecule has 1 aliphatic rings. The second-order valence-electron chi connectivity index (χ2n) is 10.3. The highest BCUT2D eigenvalue weighted by atomic mass is 31.1. The number of hydrogen-bond donors (Lipinski definition) is 0. The number of rotatable bonds is 7. The van der Waals surface area contributed by atoms with Crippen LogP contribution in [0.25, 0.3) is 0 Å². The molecule has 1 saturated carbocycles. The van der Waals surface area contributed by atoms with Crippen molar-refractivity contribution in [3.63, 3.8) is 0 Å². The van der Waals surface area contributed by atoms with Crippen molar-refractivity contribution in [2.75, 3.05) is 14.2 Å². The standard InChI is InChI=1S/C28H36O5P/c1-18-16-20(27(3,4)5)17-19(2)23(18)25(29)28(14-9-8-10-15-28)34(31)26(30)24-21(32-6)12-11-13-22(24)33-7/h11-13,16-17H,8-10,14-15H2,1-7H3/q+1. The molecule has 34 heavy (non-hydrogen) atoms. The second kappa shape index (κ2) is 10.00. The molecule has 0 radical (unpaired) electrons. The van der Waals surface area contributed by atoms with Gasteiger partial charge in [0.2, 0.25) is 10.9 Å². The minimum absolute atomic E-state index is 0.0544. The van der Waals surface area contributed by atoms with Crippen LogP contribution in [0.2, 0.25) is 0 Å². The number of Topliss-reactive ketones (excluding diaryl/α,β-unsaturated/α-hetero) is 1. The first-order valence-electron chi connectivity index (χ1n) is 11.9. The topological polar surface area (TPSA) is 69.7 Å². The quantitative estimate of drug-likeness (QED) is 0.308. The molecule has 1 unspecified atom stereocenters. The molecule has 1 fully saturated rings. The number of carbonyl (C=O) groups is 2. The Morgan fingerprint density at radius 1 is 0.882 bits per heavy atom. The predicted molar refractivity (Wildman–Crippen MR) is 136 cm³/mol. The molecule has 0 spiro atoms. The minimum atomic E-state index is -2.58. The van der Waals surface area contributed by atoms with E-state index in [-0.39, 0.29) is 16.8 Å². The van der Waals surface area contributed by atoms with Gasteiger partial charge in [0, 0.05) is 18.4 Å². The van der Waals surface area contributed by atoms with Crippen molar-refractivity contribution < 1.29 is 23.6 Å². The van der Waals surface area contributed by atoms with E-state index in [9.17, 15) is 14.2 Å². The summed E-state index contributed by atoms with van der Waals surface area (Å²) in [4.78, 5) is 27.9. The normalized spacial score (nSPS) is 16.0. The van der Waals surface area contributed by atoms with Crippen molar-refractivity contribution in [2.24, 2.45) is 0 Å². The SMILES string of the molecule is COc1cccc(OC)c1C(=O)[P+](=O)C1(C(=O)c2c(C)cc(C(C)(C)C)cc2C)CCCCC1. The average Bonchev–Trinajstić information content (AvgIpc) is 2.81. The number of methoxy groups -OCH3 is 2. The molecule has 1 atom stereocenters. The highest BCUT2D eigenvalue weighted by Gasteiger charge is 2.61. The molecule has 182 valence electrons. The van der Waals surface area contributed by atoms with Crippen LogP contribution in [-0.4, -0.2) is 30.7 Å². The molecule has 0 heterocycles. The maximum absolute atomic E-state index is 14.2. The van der Waals surface area contributed by atoms with Gasteiger partial charge < -0.3 is 9.47 Å². The Balaban J connectivity index is 2.13. The van der Waals surface area contributed by atoms with Gasteiger partial charge in [-0.15, -0.1) is 0 Å². The summed E-state index contributed by atoms with van der Waals surface area (Å²) in [6.45, 7) is 10.3. The molecule has 0 aromatic heterocycles. The number of benzene rings is 2. The van der Waals surface area contributed by atoms with Crippen LogP contribution in [0, 0.1) is 13.8 Å². The van der Waals surface area contributed by atoms with E-state index in [1.807, 2.05) is 13.8 Å². The van der Waals surface area contributed by atoms with Crippen molar-refractivity contribution in [1.29, 1.82) is 0 Å². The van der Waals surface area contributed by atoms with E-state index in [4.69, 9.17) is 9.47 Å². The fourth-order valence-electron chi connectivity index (χ4n) is 5.00. The molecule has 5 nitrogen and oxygen atoms in total. The number of ketones is 1. The van der Waals surface area contributed by atoms with Crippen LogP contribution in [0.3, 0.4) is 0 Å².